The van der Waals surface area contributed by atoms with Crippen molar-refractivity contribution < 1.29 is 38.9 Å². The Kier molecular flexibility index (Phi) is 5.59. The van der Waals surface area contributed by atoms with Crippen molar-refractivity contribution in [1.82, 2.24) is 0 Å². The van der Waals surface area contributed by atoms with Crippen LogP contribution in [0.15, 0.2) is 73.4 Å². The molecule has 0 aliphatic rings. The van der Waals surface area contributed by atoms with Gasteiger partial charge in [-0.15, -0.1) is 10.2 Å². The molecule has 31 heavy (non-hydrogen) atoms. The van der Waals surface area contributed by atoms with Gasteiger partial charge >= 0.3 is 0 Å². The highest BCUT2D eigenvalue weighted by atomic mass is 32.2. The van der Waals surface area contributed by atoms with Crippen LogP contribution in [0.1, 0.15) is 0 Å². The van der Waals surface area contributed by atoms with Crippen LogP contribution in [0.25, 0.3) is 10.8 Å². The van der Waals surface area contributed by atoms with E-state index in [0.29, 0.717) is 17.5 Å². The largest absolute Gasteiger partial charge is 0.398 e. The van der Waals surface area contributed by atoms with Gasteiger partial charge in [-0.1, -0.05) is 6.07 Å². The molecule has 12 nitrogen and oxygen atoms in total. The Morgan fingerprint density at radius 3 is 1.74 bits per heavy atom. The first-order valence-corrected chi connectivity index (χ1v) is 12.3. The van der Waals surface area contributed by atoms with E-state index in [1.54, 1.807) is 0 Å². The zero-order valence-corrected chi connectivity index (χ0v) is 17.6. The van der Waals surface area contributed by atoms with E-state index in [-0.39, 0.29) is 16.8 Å². The summed E-state index contributed by atoms with van der Waals surface area (Å²) >= 11 is 0. The average molecular weight is 487 g/mol. The summed E-state index contributed by atoms with van der Waals surface area (Å²) in [4.78, 5) is -1.96. The molecular weight excluding hydrogens is 474 g/mol. The SMILES string of the molecule is Nc1ccc(N=Nc2cc(S(=O)(=O)O)ccc2S(=O)(=O)O)c2cc(S(=O)(=O)O)ccc12. The first-order valence-electron chi connectivity index (χ1n) is 7.98. The number of fused-ring (bicyclic) bond motifs is 1. The monoisotopic (exact) mass is 487 g/mol. The minimum Gasteiger partial charge on any atom is -0.398 e. The molecule has 15 heteroatoms. The molecule has 0 unspecified atom stereocenters. The van der Waals surface area contributed by atoms with Gasteiger partial charge in [-0.05, 0) is 42.5 Å². The third-order valence-corrected chi connectivity index (χ3v) is 6.67. The lowest BCUT2D eigenvalue weighted by atomic mass is 10.1. The quantitative estimate of drug-likeness (QED) is 0.234. The van der Waals surface area contributed by atoms with Gasteiger partial charge in [-0.25, -0.2) is 0 Å². The van der Waals surface area contributed by atoms with Crippen LogP contribution in [0.2, 0.25) is 0 Å². The molecule has 3 aromatic rings. The van der Waals surface area contributed by atoms with Crippen LogP contribution in [0.5, 0.6) is 0 Å². The van der Waals surface area contributed by atoms with E-state index in [0.717, 1.165) is 18.2 Å². The molecule has 0 spiro atoms. The lowest BCUT2D eigenvalue weighted by molar-refractivity contribution is 0.478. The Labute approximate surface area is 176 Å². The highest BCUT2D eigenvalue weighted by molar-refractivity contribution is 7.86. The Morgan fingerprint density at radius 1 is 0.613 bits per heavy atom. The van der Waals surface area contributed by atoms with Crippen LogP contribution in [0.3, 0.4) is 0 Å². The van der Waals surface area contributed by atoms with Gasteiger partial charge in [0.15, 0.2) is 0 Å². The number of nitrogens with zero attached hydrogens (tertiary/aromatic N) is 2. The maximum absolute atomic E-state index is 11.6. The molecular formula is C16H13N3O9S3. The third-order valence-electron chi connectivity index (χ3n) is 4.07. The standard InChI is InChI=1S/C16H13N3O9S3/c17-13-4-5-14(12-7-9(29(20,21)22)1-3-11(12)13)18-19-15-8-10(30(23,24)25)2-6-16(15)31(26,27)28/h1-8H,17H2,(H,20,21,22)(H,23,24,25)(H,26,27,28). The van der Waals surface area contributed by atoms with Gasteiger partial charge < -0.3 is 5.73 Å². The lowest BCUT2D eigenvalue weighted by Crippen LogP contribution is -2.02. The summed E-state index contributed by atoms with van der Waals surface area (Å²) in [5.74, 6) is 0. The zero-order valence-electron chi connectivity index (χ0n) is 15.1. The van der Waals surface area contributed by atoms with Crippen molar-refractivity contribution in [3.05, 3.63) is 48.5 Å². The van der Waals surface area contributed by atoms with Crippen molar-refractivity contribution >= 4 is 58.2 Å². The van der Waals surface area contributed by atoms with Crippen LogP contribution in [-0.2, 0) is 30.4 Å². The number of anilines is 1. The van der Waals surface area contributed by atoms with Gasteiger partial charge in [0.2, 0.25) is 0 Å². The highest BCUT2D eigenvalue weighted by Crippen LogP contribution is 2.35. The average Bonchev–Trinajstić information content (AvgIpc) is 2.65. The van der Waals surface area contributed by atoms with Crippen molar-refractivity contribution in [2.24, 2.45) is 10.2 Å². The molecule has 0 amide bonds. The molecule has 0 aromatic heterocycles. The number of nitrogens with two attached hydrogens (primary N) is 1. The Balaban J connectivity index is 2.25. The van der Waals surface area contributed by atoms with Crippen LogP contribution < -0.4 is 5.73 Å². The number of azo groups is 1. The van der Waals surface area contributed by atoms with Gasteiger partial charge in [-0.2, -0.15) is 25.3 Å². The Hall–Kier alpha value is -2.95. The van der Waals surface area contributed by atoms with Crippen LogP contribution in [0.4, 0.5) is 17.1 Å². The number of hydrogen-bond acceptors (Lipinski definition) is 9. The second kappa shape index (κ2) is 7.63. The van der Waals surface area contributed by atoms with Crippen LogP contribution in [0, 0.1) is 0 Å². The summed E-state index contributed by atoms with van der Waals surface area (Å²) < 4.78 is 96.5. The molecule has 5 N–H and O–H groups in total. The van der Waals surface area contributed by atoms with Gasteiger partial charge in [0.1, 0.15) is 10.6 Å². The van der Waals surface area contributed by atoms with Crippen molar-refractivity contribution in [3.63, 3.8) is 0 Å². The highest BCUT2D eigenvalue weighted by Gasteiger charge is 2.20. The molecule has 3 aromatic carbocycles. The molecule has 0 aliphatic heterocycles. The number of benzene rings is 3. The molecule has 164 valence electrons. The van der Waals surface area contributed by atoms with Crippen LogP contribution >= 0.6 is 0 Å². The second-order valence-corrected chi connectivity index (χ2v) is 10.4. The predicted octanol–water partition coefficient (Wildman–Crippen LogP) is 2.58. The molecule has 0 saturated heterocycles. The van der Waals surface area contributed by atoms with Crippen molar-refractivity contribution in [2.45, 2.75) is 14.7 Å². The number of nitrogen functional groups attached to an aromatic ring is 1. The van der Waals surface area contributed by atoms with Gasteiger partial charge in [0, 0.05) is 16.5 Å². The minimum absolute atomic E-state index is 0.0201. The van der Waals surface area contributed by atoms with E-state index in [1.807, 2.05) is 0 Å². The smallest absolute Gasteiger partial charge is 0.296 e. The predicted molar refractivity (Wildman–Crippen MR) is 108 cm³/mol. The molecule has 3 rings (SSSR count). The van der Waals surface area contributed by atoms with E-state index in [1.165, 1.54) is 18.2 Å². The summed E-state index contributed by atoms with van der Waals surface area (Å²) in [6.07, 6.45) is 0. The Bertz CT molecular complexity index is 1560. The molecule has 0 atom stereocenters. The number of rotatable bonds is 5. The van der Waals surface area contributed by atoms with Crippen molar-refractivity contribution in [1.29, 1.82) is 0 Å². The van der Waals surface area contributed by atoms with Gasteiger partial charge in [0.25, 0.3) is 30.4 Å². The van der Waals surface area contributed by atoms with Gasteiger partial charge in [-0.3, -0.25) is 13.7 Å². The fourth-order valence-electron chi connectivity index (χ4n) is 2.64. The lowest BCUT2D eigenvalue weighted by Gasteiger charge is -2.07. The first-order chi connectivity index (χ1) is 14.2. The Morgan fingerprint density at radius 2 is 1.16 bits per heavy atom. The maximum Gasteiger partial charge on any atom is 0.296 e. The first kappa shape index (κ1) is 22.7. The molecule has 0 saturated carbocycles. The van der Waals surface area contributed by atoms with Crippen LogP contribution in [-0.4, -0.2) is 38.9 Å². The van der Waals surface area contributed by atoms with Crippen molar-refractivity contribution in [2.75, 3.05) is 5.73 Å². The zero-order chi connectivity index (χ0) is 23.2. The van der Waals surface area contributed by atoms with E-state index in [4.69, 9.17) is 10.3 Å². The molecule has 0 radical (unpaired) electrons. The fraction of sp³-hybridized carbons (Fsp3) is 0. The second-order valence-electron chi connectivity index (χ2n) is 6.14. The minimum atomic E-state index is -4.84. The molecule has 0 fully saturated rings. The summed E-state index contributed by atoms with van der Waals surface area (Å²) in [6.45, 7) is 0. The van der Waals surface area contributed by atoms with E-state index < -0.39 is 50.7 Å². The molecule has 0 heterocycles. The fourth-order valence-corrected chi connectivity index (χ4v) is 4.26. The normalized spacial score (nSPS) is 13.1. The third kappa shape index (κ3) is 4.87. The number of hydrogen-bond donors (Lipinski definition) is 4. The van der Waals surface area contributed by atoms with Gasteiger partial charge in [0.05, 0.1) is 15.5 Å². The van der Waals surface area contributed by atoms with E-state index in [2.05, 4.69) is 10.2 Å². The molecule has 0 aliphatic carbocycles. The van der Waals surface area contributed by atoms with Crippen molar-refractivity contribution in [3.8, 4) is 0 Å². The van der Waals surface area contributed by atoms with E-state index >= 15 is 0 Å². The topological polar surface area (TPSA) is 214 Å². The summed E-state index contributed by atoms with van der Waals surface area (Å²) in [6, 6.07) is 8.34. The summed E-state index contributed by atoms with van der Waals surface area (Å²) in [5.41, 5.74) is 5.45. The molecule has 0 bridgehead atoms. The van der Waals surface area contributed by atoms with E-state index in [9.17, 15) is 34.4 Å². The summed E-state index contributed by atoms with van der Waals surface area (Å²) in [7, 11) is -14.1. The maximum atomic E-state index is 11.6. The summed E-state index contributed by atoms with van der Waals surface area (Å²) in [5, 5.41) is 7.92.